The number of rotatable bonds is 7. The van der Waals surface area contributed by atoms with E-state index < -0.39 is 23.8 Å². The van der Waals surface area contributed by atoms with Crippen LogP contribution in [0.1, 0.15) is 26.7 Å². The predicted molar refractivity (Wildman–Crippen MR) is 93.7 cm³/mol. The molecule has 0 bridgehead atoms. The summed E-state index contributed by atoms with van der Waals surface area (Å²) in [6.45, 7) is 3.23. The van der Waals surface area contributed by atoms with Crippen LogP contribution in [0.5, 0.6) is 0 Å². The number of carbonyl (C=O) groups is 2. The molecule has 0 spiro atoms. The van der Waals surface area contributed by atoms with E-state index in [0.29, 0.717) is 0 Å². The van der Waals surface area contributed by atoms with Gasteiger partial charge in [0, 0.05) is 20.1 Å². The van der Waals surface area contributed by atoms with Crippen LogP contribution in [-0.2, 0) is 35.0 Å². The molecule has 0 fully saturated rings. The van der Waals surface area contributed by atoms with Gasteiger partial charge in [-0.15, -0.1) is 0 Å². The molecule has 1 N–H and O–H groups in total. The zero-order chi connectivity index (χ0) is 19.4. The molecule has 0 saturated carbocycles. The number of ether oxygens (including phenoxy) is 1. The van der Waals surface area contributed by atoms with Crippen molar-refractivity contribution in [2.45, 2.75) is 39.3 Å². The maximum atomic E-state index is 12.3. The van der Waals surface area contributed by atoms with Crippen LogP contribution in [0.4, 0.5) is 0 Å². The molecule has 2 aromatic rings. The van der Waals surface area contributed by atoms with Crippen LogP contribution in [0.25, 0.3) is 11.2 Å². The molecule has 0 aliphatic heterocycles. The van der Waals surface area contributed by atoms with Crippen LogP contribution < -0.4 is 16.6 Å². The molecule has 2 aromatic heterocycles. The first-order chi connectivity index (χ1) is 12.3. The average Bonchev–Trinajstić information content (AvgIpc) is 3.04. The molecule has 26 heavy (non-hydrogen) atoms. The normalized spacial score (nSPS) is 11.1. The molecule has 1 amide bonds. The summed E-state index contributed by atoms with van der Waals surface area (Å²) in [7, 11) is 2.84. The Bertz CT molecular complexity index is 935. The van der Waals surface area contributed by atoms with Crippen molar-refractivity contribution in [3.8, 4) is 0 Å². The summed E-state index contributed by atoms with van der Waals surface area (Å²) in [6, 6.07) is 0.0445. The summed E-state index contributed by atoms with van der Waals surface area (Å²) in [6.07, 6.45) is 2.87. The molecule has 0 aliphatic carbocycles. The van der Waals surface area contributed by atoms with Crippen molar-refractivity contribution in [1.82, 2.24) is 24.0 Å². The summed E-state index contributed by atoms with van der Waals surface area (Å²) < 4.78 is 8.43. The molecule has 0 radical (unpaired) electrons. The number of nitrogens with one attached hydrogen (secondary N) is 1. The quantitative estimate of drug-likeness (QED) is 0.647. The third kappa shape index (κ3) is 3.84. The number of nitrogens with zero attached hydrogens (tertiary/aromatic N) is 4. The second kappa shape index (κ2) is 7.98. The van der Waals surface area contributed by atoms with Crippen molar-refractivity contribution in [1.29, 1.82) is 0 Å². The average molecular weight is 365 g/mol. The second-order valence-electron chi connectivity index (χ2n) is 5.99. The van der Waals surface area contributed by atoms with E-state index in [4.69, 9.17) is 4.74 Å². The fourth-order valence-corrected chi connectivity index (χ4v) is 2.61. The van der Waals surface area contributed by atoms with Crippen LogP contribution in [0.2, 0.25) is 0 Å². The van der Waals surface area contributed by atoms with Crippen molar-refractivity contribution >= 4 is 23.0 Å². The van der Waals surface area contributed by atoms with Crippen LogP contribution in [0.3, 0.4) is 0 Å². The zero-order valence-corrected chi connectivity index (χ0v) is 15.3. The molecule has 10 nitrogen and oxygen atoms in total. The first kappa shape index (κ1) is 19.4. The van der Waals surface area contributed by atoms with Crippen molar-refractivity contribution in [3.05, 3.63) is 27.2 Å². The van der Waals surface area contributed by atoms with Crippen LogP contribution in [-0.4, -0.2) is 43.2 Å². The Morgan fingerprint density at radius 1 is 1.19 bits per heavy atom. The lowest BCUT2D eigenvalue weighted by atomic mass is 10.2. The van der Waals surface area contributed by atoms with Crippen molar-refractivity contribution < 1.29 is 14.3 Å². The Morgan fingerprint density at radius 2 is 1.85 bits per heavy atom. The second-order valence-corrected chi connectivity index (χ2v) is 5.99. The van der Waals surface area contributed by atoms with Crippen molar-refractivity contribution in [2.75, 3.05) is 6.61 Å². The molecule has 2 rings (SSSR count). The number of carbonyl (C=O) groups excluding carboxylic acids is 2. The minimum Gasteiger partial charge on any atom is -0.454 e. The Labute approximate surface area is 149 Å². The van der Waals surface area contributed by atoms with E-state index in [1.807, 2.05) is 13.8 Å². The maximum absolute atomic E-state index is 12.3. The lowest BCUT2D eigenvalue weighted by molar-refractivity contribution is -0.149. The number of fused-ring (bicyclic) bond motifs is 1. The third-order valence-electron chi connectivity index (χ3n) is 4.23. The number of hydrogen-bond acceptors (Lipinski definition) is 6. The lowest BCUT2D eigenvalue weighted by Gasteiger charge is -2.14. The molecule has 142 valence electrons. The monoisotopic (exact) mass is 365 g/mol. The van der Waals surface area contributed by atoms with E-state index in [9.17, 15) is 19.2 Å². The third-order valence-corrected chi connectivity index (χ3v) is 4.23. The van der Waals surface area contributed by atoms with Crippen molar-refractivity contribution in [3.63, 3.8) is 0 Å². The Hall–Kier alpha value is -2.91. The highest BCUT2D eigenvalue weighted by atomic mass is 16.5. The highest BCUT2D eigenvalue weighted by molar-refractivity contribution is 5.81. The summed E-state index contributed by atoms with van der Waals surface area (Å²) in [5, 5.41) is 2.76. The Morgan fingerprint density at radius 3 is 2.46 bits per heavy atom. The molecule has 0 aromatic carbocycles. The molecular formula is C16H23N5O5. The molecule has 0 saturated heterocycles. The zero-order valence-electron chi connectivity index (χ0n) is 15.3. The molecule has 10 heteroatoms. The van der Waals surface area contributed by atoms with Gasteiger partial charge in [-0.05, 0) is 12.8 Å². The van der Waals surface area contributed by atoms with Gasteiger partial charge in [0.25, 0.3) is 11.5 Å². The van der Waals surface area contributed by atoms with Crippen molar-refractivity contribution in [2.24, 2.45) is 14.1 Å². The molecule has 0 unspecified atom stereocenters. The first-order valence-electron chi connectivity index (χ1n) is 8.35. The SMILES string of the molecule is CCC(CC)NC(=O)COC(=O)Cn1cnc2c1c(=O)n(C)c(=O)n2C. The van der Waals surface area contributed by atoms with Gasteiger partial charge in [0.2, 0.25) is 0 Å². The van der Waals surface area contributed by atoms with E-state index in [1.165, 1.54) is 29.6 Å². The first-order valence-corrected chi connectivity index (χ1v) is 8.35. The van der Waals surface area contributed by atoms with Gasteiger partial charge in [-0.1, -0.05) is 13.8 Å². The Kier molecular flexibility index (Phi) is 5.96. The fraction of sp³-hybridized carbons (Fsp3) is 0.562. The lowest BCUT2D eigenvalue weighted by Crippen LogP contribution is -2.38. The van der Waals surface area contributed by atoms with Gasteiger partial charge in [-0.3, -0.25) is 23.5 Å². The minimum atomic E-state index is -0.681. The van der Waals surface area contributed by atoms with E-state index in [2.05, 4.69) is 10.3 Å². The van der Waals surface area contributed by atoms with Gasteiger partial charge in [0.05, 0.1) is 6.33 Å². The number of aromatic nitrogens is 4. The van der Waals surface area contributed by atoms with Gasteiger partial charge in [-0.2, -0.15) is 0 Å². The topological polar surface area (TPSA) is 117 Å². The summed E-state index contributed by atoms with van der Waals surface area (Å²) in [4.78, 5) is 52.0. The molecular weight excluding hydrogens is 342 g/mol. The summed E-state index contributed by atoms with van der Waals surface area (Å²) in [5.74, 6) is -1.05. The van der Waals surface area contributed by atoms with Crippen LogP contribution >= 0.6 is 0 Å². The van der Waals surface area contributed by atoms with E-state index >= 15 is 0 Å². The highest BCUT2D eigenvalue weighted by Crippen LogP contribution is 2.05. The predicted octanol–water partition coefficient (Wildman–Crippen LogP) is -0.718. The van der Waals surface area contributed by atoms with E-state index in [-0.39, 0.29) is 29.7 Å². The fourth-order valence-electron chi connectivity index (χ4n) is 2.61. The number of esters is 1. The van der Waals surface area contributed by atoms with E-state index in [1.54, 1.807) is 0 Å². The molecule has 0 atom stereocenters. The number of imidazole rings is 1. The molecule has 0 aliphatic rings. The standard InChI is InChI=1S/C16H23N5O5/c1-5-10(6-2)18-11(22)8-26-12(23)7-21-9-17-14-13(21)15(24)20(4)16(25)19(14)3/h9-10H,5-8H2,1-4H3,(H,18,22). The van der Waals surface area contributed by atoms with Gasteiger partial charge in [-0.25, -0.2) is 9.78 Å². The highest BCUT2D eigenvalue weighted by Gasteiger charge is 2.17. The summed E-state index contributed by atoms with van der Waals surface area (Å²) >= 11 is 0. The smallest absolute Gasteiger partial charge is 0.332 e. The number of hydrogen-bond donors (Lipinski definition) is 1. The van der Waals surface area contributed by atoms with Gasteiger partial charge >= 0.3 is 11.7 Å². The summed E-state index contributed by atoms with van der Waals surface area (Å²) in [5.41, 5.74) is -0.765. The number of aryl methyl sites for hydroxylation is 1. The van der Waals surface area contributed by atoms with Crippen LogP contribution in [0, 0.1) is 0 Å². The molecule has 2 heterocycles. The van der Waals surface area contributed by atoms with Gasteiger partial charge < -0.3 is 14.6 Å². The largest absolute Gasteiger partial charge is 0.454 e. The van der Waals surface area contributed by atoms with Gasteiger partial charge in [0.15, 0.2) is 17.8 Å². The van der Waals surface area contributed by atoms with Crippen LogP contribution in [0.15, 0.2) is 15.9 Å². The Balaban J connectivity index is 2.10. The maximum Gasteiger partial charge on any atom is 0.332 e. The van der Waals surface area contributed by atoms with E-state index in [0.717, 1.165) is 17.4 Å². The minimum absolute atomic E-state index is 0.0445. The number of amides is 1. The van der Waals surface area contributed by atoms with Gasteiger partial charge in [0.1, 0.15) is 6.54 Å².